The smallest absolute Gasteiger partial charge is 0.307 e. The van der Waals surface area contributed by atoms with Crippen molar-refractivity contribution in [2.75, 3.05) is 14.1 Å². The Kier molecular flexibility index (Phi) is 5.49. The number of halogens is 3. The molecular weight excluding hydrogens is 407 g/mol. The van der Waals surface area contributed by atoms with Gasteiger partial charge in [0.15, 0.2) is 0 Å². The van der Waals surface area contributed by atoms with E-state index in [-0.39, 0.29) is 14.4 Å². The van der Waals surface area contributed by atoms with E-state index in [0.717, 1.165) is 12.1 Å². The molecule has 0 unspecified atom stereocenters. The molecule has 0 saturated carbocycles. The zero-order valence-electron chi connectivity index (χ0n) is 12.0. The molecule has 1 aromatic carbocycles. The summed E-state index contributed by atoms with van der Waals surface area (Å²) >= 11 is 7.02. The molecule has 24 heavy (non-hydrogen) atoms. The summed E-state index contributed by atoms with van der Waals surface area (Å²) < 4.78 is 43.5. The fourth-order valence-corrected chi connectivity index (χ4v) is 4.73. The predicted molar refractivity (Wildman–Crippen MR) is 93.7 cm³/mol. The molecule has 2 aromatic rings. The second-order valence-corrected chi connectivity index (χ2v) is 8.27. The van der Waals surface area contributed by atoms with Gasteiger partial charge in [-0.2, -0.15) is 13.2 Å². The maximum absolute atomic E-state index is 13.4. The normalized spacial score (nSPS) is 11.9. The lowest BCUT2D eigenvalue weighted by molar-refractivity contribution is -0.383. The van der Waals surface area contributed by atoms with Gasteiger partial charge in [0.05, 0.1) is 15.2 Å². The first kappa shape index (κ1) is 19.1. The summed E-state index contributed by atoms with van der Waals surface area (Å²) in [6.45, 7) is 0. The van der Waals surface area contributed by atoms with E-state index < -0.39 is 32.0 Å². The van der Waals surface area contributed by atoms with Crippen LogP contribution in [0.1, 0.15) is 11.1 Å². The Labute approximate surface area is 150 Å². The summed E-state index contributed by atoms with van der Waals surface area (Å²) in [6, 6.07) is 0.425. The summed E-state index contributed by atoms with van der Waals surface area (Å²) in [5.41, 5.74) is -2.42. The zero-order valence-corrected chi connectivity index (χ0v) is 15.2. The highest BCUT2D eigenvalue weighted by atomic mass is 32.2. The number of nitrogens with one attached hydrogen (secondary N) is 1. The molecule has 130 valence electrons. The number of hydrogen-bond acceptors (Lipinski definition) is 8. The van der Waals surface area contributed by atoms with Gasteiger partial charge in [0.25, 0.3) is 9.74 Å². The molecule has 0 saturated heterocycles. The van der Waals surface area contributed by atoms with Gasteiger partial charge in [-0.15, -0.1) is 0 Å². The van der Waals surface area contributed by atoms with Crippen molar-refractivity contribution in [3.8, 4) is 0 Å². The second kappa shape index (κ2) is 6.92. The van der Waals surface area contributed by atoms with Crippen molar-refractivity contribution in [1.82, 2.24) is 9.03 Å². The van der Waals surface area contributed by atoms with Gasteiger partial charge in [-0.05, 0) is 14.1 Å². The molecule has 1 heterocycles. The molecule has 0 aliphatic heterocycles. The van der Waals surface area contributed by atoms with E-state index in [4.69, 9.17) is 12.2 Å². The number of nitro benzene ring substituents is 1. The van der Waals surface area contributed by atoms with Gasteiger partial charge in [-0.25, -0.2) is 4.31 Å². The van der Waals surface area contributed by atoms with E-state index >= 15 is 0 Å². The van der Waals surface area contributed by atoms with Gasteiger partial charge in [-0.1, -0.05) is 34.9 Å². The highest BCUT2D eigenvalue weighted by molar-refractivity contribution is 7.96. The molecule has 0 bridgehead atoms. The standard InChI is InChI=1S/C11H8F3N3O3S4/c1-16(2)24-15-9(21)6-4(11(12,13)14)3-5(17(19)20)7-8(6)23-10(18)22-7/h3H,1-2H3,(H,15,21). The third-order valence-electron chi connectivity index (χ3n) is 2.64. The van der Waals surface area contributed by atoms with Crippen molar-refractivity contribution >= 4 is 67.1 Å². The molecule has 0 aliphatic carbocycles. The van der Waals surface area contributed by atoms with Crippen molar-refractivity contribution in [2.24, 2.45) is 0 Å². The Hall–Kier alpha value is -1.28. The topological polar surface area (TPSA) is 75.5 Å². The van der Waals surface area contributed by atoms with Crippen LogP contribution in [0, 0.1) is 10.1 Å². The van der Waals surface area contributed by atoms with E-state index in [0.29, 0.717) is 28.7 Å². The molecule has 0 fully saturated rings. The van der Waals surface area contributed by atoms with Gasteiger partial charge in [0, 0.05) is 23.8 Å². The number of alkyl halides is 3. The SMILES string of the molecule is CN(C)SNC(=S)c1c(C(F)(F)F)cc([N+](=O)[O-])c2sc(=O)sc12. The average Bonchev–Trinajstić information content (AvgIpc) is 2.82. The number of fused-ring (bicyclic) bond motifs is 1. The van der Waals surface area contributed by atoms with Crippen LogP contribution < -0.4 is 8.78 Å². The van der Waals surface area contributed by atoms with Crippen molar-refractivity contribution < 1.29 is 18.1 Å². The number of non-ortho nitro benzene ring substituents is 1. The van der Waals surface area contributed by atoms with Crippen LogP contribution in [0.25, 0.3) is 9.40 Å². The van der Waals surface area contributed by atoms with Crippen molar-refractivity contribution in [2.45, 2.75) is 6.18 Å². The van der Waals surface area contributed by atoms with Crippen LogP contribution in [0.3, 0.4) is 0 Å². The second-order valence-electron chi connectivity index (χ2n) is 4.52. The van der Waals surface area contributed by atoms with E-state index in [1.165, 1.54) is 0 Å². The summed E-state index contributed by atoms with van der Waals surface area (Å²) in [6.07, 6.45) is -4.86. The van der Waals surface area contributed by atoms with Crippen LogP contribution in [0.15, 0.2) is 10.9 Å². The van der Waals surface area contributed by atoms with Crippen LogP contribution in [-0.2, 0) is 6.18 Å². The lowest BCUT2D eigenvalue weighted by Crippen LogP contribution is -2.23. The van der Waals surface area contributed by atoms with E-state index in [1.807, 2.05) is 0 Å². The van der Waals surface area contributed by atoms with Gasteiger partial charge in [0.2, 0.25) is 0 Å². The van der Waals surface area contributed by atoms with Crippen LogP contribution in [0.2, 0.25) is 0 Å². The number of thiocarbonyl (C=S) groups is 1. The van der Waals surface area contributed by atoms with Crippen molar-refractivity contribution in [3.05, 3.63) is 36.2 Å². The fourth-order valence-electron chi connectivity index (χ4n) is 1.78. The number of hydrogen-bond donors (Lipinski definition) is 1. The average molecular weight is 415 g/mol. The number of benzene rings is 1. The van der Waals surface area contributed by atoms with Gasteiger partial charge in [-0.3, -0.25) is 14.9 Å². The first-order valence-electron chi connectivity index (χ1n) is 5.99. The molecule has 0 amide bonds. The third kappa shape index (κ3) is 3.85. The highest BCUT2D eigenvalue weighted by Gasteiger charge is 2.39. The molecule has 0 atom stereocenters. The first-order chi connectivity index (χ1) is 11.0. The monoisotopic (exact) mass is 415 g/mol. The summed E-state index contributed by atoms with van der Waals surface area (Å²) in [7, 11) is 3.30. The maximum atomic E-state index is 13.4. The minimum atomic E-state index is -4.86. The molecule has 1 N–H and O–H groups in total. The van der Waals surface area contributed by atoms with Gasteiger partial charge >= 0.3 is 6.18 Å². The fraction of sp³-hybridized carbons (Fsp3) is 0.273. The minimum Gasteiger partial charge on any atom is -0.307 e. The molecule has 2 rings (SSSR count). The highest BCUT2D eigenvalue weighted by Crippen LogP contribution is 2.42. The van der Waals surface area contributed by atoms with Crippen LogP contribution in [0.4, 0.5) is 18.9 Å². The van der Waals surface area contributed by atoms with Crippen LogP contribution in [-0.4, -0.2) is 28.3 Å². The zero-order chi connectivity index (χ0) is 18.2. The van der Waals surface area contributed by atoms with Crippen LogP contribution >= 0.6 is 47.0 Å². The summed E-state index contributed by atoms with van der Waals surface area (Å²) in [5, 5.41) is 11.1. The number of nitrogens with zero attached hydrogens (tertiary/aromatic N) is 2. The summed E-state index contributed by atoms with van der Waals surface area (Å²) in [5.74, 6) is 0. The molecule has 1 aromatic heterocycles. The molecule has 0 spiro atoms. The predicted octanol–water partition coefficient (Wildman–Crippen LogP) is 3.64. The van der Waals surface area contributed by atoms with Gasteiger partial charge in [0.1, 0.15) is 9.69 Å². The Morgan fingerprint density at radius 1 is 1.38 bits per heavy atom. The molecule has 0 aliphatic rings. The van der Waals surface area contributed by atoms with Crippen LogP contribution in [0.5, 0.6) is 0 Å². The molecule has 6 nitrogen and oxygen atoms in total. The van der Waals surface area contributed by atoms with Gasteiger partial charge < -0.3 is 4.72 Å². The summed E-state index contributed by atoms with van der Waals surface area (Å²) in [4.78, 5) is 21.5. The molecular formula is C11H8F3N3O3S4. The first-order valence-corrected chi connectivity index (χ1v) is 8.80. The van der Waals surface area contributed by atoms with E-state index in [9.17, 15) is 28.1 Å². The largest absolute Gasteiger partial charge is 0.417 e. The molecule has 13 heteroatoms. The Morgan fingerprint density at radius 2 is 1.96 bits per heavy atom. The number of rotatable bonds is 4. The minimum absolute atomic E-state index is 0.114. The Morgan fingerprint density at radius 3 is 2.46 bits per heavy atom. The lowest BCUT2D eigenvalue weighted by Gasteiger charge is -2.16. The van der Waals surface area contributed by atoms with Crippen molar-refractivity contribution in [1.29, 1.82) is 0 Å². The van der Waals surface area contributed by atoms with Crippen molar-refractivity contribution in [3.63, 3.8) is 0 Å². The Balaban J connectivity index is 2.80. The Bertz CT molecular complexity index is 875. The van der Waals surface area contributed by atoms with E-state index in [2.05, 4.69) is 4.72 Å². The lowest BCUT2D eigenvalue weighted by atomic mass is 10.1. The quantitative estimate of drug-likeness (QED) is 0.354. The molecule has 0 radical (unpaired) electrons. The maximum Gasteiger partial charge on any atom is 0.417 e. The number of nitro groups is 1. The van der Waals surface area contributed by atoms with E-state index in [1.54, 1.807) is 18.4 Å². The third-order valence-corrected chi connectivity index (χ3v) is 5.93.